The van der Waals surface area contributed by atoms with E-state index >= 15 is 0 Å². The number of nitrogens with two attached hydrogens (primary N) is 3. The molecule has 0 radical (unpaired) electrons. The highest BCUT2D eigenvalue weighted by atomic mass is 28.3. The predicted molar refractivity (Wildman–Crippen MR) is 252 cm³/mol. The summed E-state index contributed by atoms with van der Waals surface area (Å²) in [6, 6.07) is 18.4. The molecule has 65 heavy (non-hydrogen) atoms. The molecule has 0 unspecified atom stereocenters. The van der Waals surface area contributed by atoms with Gasteiger partial charge in [-0.3, -0.25) is 24.0 Å². The van der Waals surface area contributed by atoms with E-state index in [1.54, 1.807) is 44.2 Å². The first kappa shape index (κ1) is 49.9. The van der Waals surface area contributed by atoms with Gasteiger partial charge in [-0.05, 0) is 61.7 Å². The molecule has 0 aliphatic carbocycles. The van der Waals surface area contributed by atoms with Gasteiger partial charge in [-0.1, -0.05) is 68.1 Å². The molecule has 2 amide bonds. The molecule has 0 fully saturated rings. The van der Waals surface area contributed by atoms with E-state index in [2.05, 4.69) is 47.1 Å². The van der Waals surface area contributed by atoms with Crippen molar-refractivity contribution < 1.29 is 33.4 Å². The van der Waals surface area contributed by atoms with Gasteiger partial charge in [0.1, 0.15) is 30.8 Å². The van der Waals surface area contributed by atoms with Crippen molar-refractivity contribution in [3.63, 3.8) is 0 Å². The second kappa shape index (κ2) is 22.7. The largest absolute Gasteiger partial charge is 0.492 e. The van der Waals surface area contributed by atoms with Crippen LogP contribution < -0.4 is 37.2 Å². The molecule has 344 valence electrons. The van der Waals surface area contributed by atoms with E-state index in [-0.39, 0.29) is 88.5 Å². The maximum absolute atomic E-state index is 14.7. The van der Waals surface area contributed by atoms with Gasteiger partial charge in [0, 0.05) is 80.5 Å². The topological polar surface area (TPSA) is 247 Å². The summed E-state index contributed by atoms with van der Waals surface area (Å²) in [5.74, 6) is -2.68. The van der Waals surface area contributed by atoms with Crippen molar-refractivity contribution >= 4 is 42.4 Å². The van der Waals surface area contributed by atoms with Crippen molar-refractivity contribution in [2.75, 3.05) is 39.9 Å². The molecule has 0 saturated carbocycles. The summed E-state index contributed by atoms with van der Waals surface area (Å²) in [7, 11) is -0.0109. The third-order valence-corrected chi connectivity index (χ3v) is 13.7. The normalized spacial score (nSPS) is 17.0. The van der Waals surface area contributed by atoms with Crippen molar-refractivity contribution in [2.24, 2.45) is 29.0 Å². The van der Waals surface area contributed by atoms with Crippen LogP contribution in [0.3, 0.4) is 0 Å². The van der Waals surface area contributed by atoms with Crippen molar-refractivity contribution in [1.29, 1.82) is 5.26 Å². The average molecular weight is 903 g/mol. The number of aryl methyl sites for hydroxylation is 1. The van der Waals surface area contributed by atoms with Gasteiger partial charge in [-0.2, -0.15) is 5.26 Å². The number of Topliss-reactive ketones (excluding diaryl/α,β-unsaturated/α-hetero) is 3. The first-order valence-electron chi connectivity index (χ1n) is 22.1. The minimum absolute atomic E-state index is 0.0304. The molecule has 2 heterocycles. The molecule has 1 aliphatic rings. The van der Waals surface area contributed by atoms with Crippen LogP contribution in [0.4, 0.5) is 0 Å². The summed E-state index contributed by atoms with van der Waals surface area (Å²) in [4.78, 5) is 81.3. The van der Waals surface area contributed by atoms with Crippen molar-refractivity contribution in [3.8, 4) is 40.1 Å². The van der Waals surface area contributed by atoms with Crippen molar-refractivity contribution in [1.82, 2.24) is 20.2 Å². The first-order chi connectivity index (χ1) is 31.0. The van der Waals surface area contributed by atoms with Crippen LogP contribution in [0.1, 0.15) is 72.2 Å². The third kappa shape index (κ3) is 12.6. The Morgan fingerprint density at radius 3 is 2.17 bits per heavy atom. The number of ether oxygens (including phenoxy) is 2. The number of nitrogens with one attached hydrogen (secondary N) is 1. The van der Waals surface area contributed by atoms with Crippen LogP contribution in [0.25, 0.3) is 22.5 Å². The highest BCUT2D eigenvalue weighted by molar-refractivity contribution is 6.88. The fourth-order valence-electron chi connectivity index (χ4n) is 7.97. The number of fused-ring (bicyclic) bond motifs is 5. The van der Waals surface area contributed by atoms with E-state index in [4.69, 9.17) is 26.7 Å². The van der Waals surface area contributed by atoms with Gasteiger partial charge in [0.15, 0.2) is 23.2 Å². The first-order valence-corrected chi connectivity index (χ1v) is 25.6. The van der Waals surface area contributed by atoms with Gasteiger partial charge < -0.3 is 36.9 Å². The SMILES string of the molecule is Cc1nc(-c2ccc([Si](C)(C)C)cc2)ncc1C(=O)C[C@@H](CCN)C(=O)N(C)[C@@H]1C(=O)C[C@@H](C)C(=O)N[C@H](C(=O)CCC#N)Cc2ccc(OCCN)c(c2)-c2cc1ccc2OCCN. The number of carbonyl (C=O) groups excluding carboxylic acids is 5. The van der Waals surface area contributed by atoms with E-state index in [1.807, 2.05) is 24.3 Å². The maximum Gasteiger partial charge on any atom is 0.226 e. The van der Waals surface area contributed by atoms with Gasteiger partial charge in [-0.15, -0.1) is 0 Å². The van der Waals surface area contributed by atoms with Crippen LogP contribution in [-0.4, -0.2) is 98.0 Å². The number of carbonyl (C=O) groups is 5. The van der Waals surface area contributed by atoms with Gasteiger partial charge in [-0.25, -0.2) is 9.97 Å². The number of benzene rings is 3. The van der Waals surface area contributed by atoms with Crippen molar-refractivity contribution in [2.45, 2.75) is 84.1 Å². The number of likely N-dealkylation sites (N-methyl/N-ethyl adjacent to an activating group) is 1. The fourth-order valence-corrected chi connectivity index (χ4v) is 9.14. The smallest absolute Gasteiger partial charge is 0.226 e. The Bertz CT molecular complexity index is 2410. The average Bonchev–Trinajstić information content (AvgIpc) is 3.28. The number of nitriles is 1. The van der Waals surface area contributed by atoms with Crippen LogP contribution in [-0.2, 0) is 25.6 Å². The lowest BCUT2D eigenvalue weighted by Crippen LogP contribution is -2.46. The number of nitrogens with zero attached hydrogens (tertiary/aromatic N) is 4. The lowest BCUT2D eigenvalue weighted by atomic mass is 9.88. The van der Waals surface area contributed by atoms with Crippen LogP contribution in [0.15, 0.2) is 66.9 Å². The highest BCUT2D eigenvalue weighted by Crippen LogP contribution is 2.41. The number of amides is 2. The predicted octanol–water partition coefficient (Wildman–Crippen LogP) is 4.59. The Morgan fingerprint density at radius 1 is 0.923 bits per heavy atom. The molecule has 0 spiro atoms. The van der Waals surface area contributed by atoms with Crippen LogP contribution >= 0.6 is 0 Å². The second-order valence-corrected chi connectivity index (χ2v) is 22.7. The summed E-state index contributed by atoms with van der Waals surface area (Å²) >= 11 is 0. The van der Waals surface area contributed by atoms with Crippen LogP contribution in [0.2, 0.25) is 19.6 Å². The molecule has 0 saturated heterocycles. The molecule has 1 aromatic heterocycles. The Kier molecular flexibility index (Phi) is 17.4. The van der Waals surface area contributed by atoms with Crippen LogP contribution in [0, 0.1) is 30.1 Å². The molecule has 16 heteroatoms. The standard InChI is InChI=1S/C49H62N8O7Si/c1-30-24-43(60)46(57(3)49(62)35(17-19-51)28-42(59)39-29-54-47(55-31(39)2)33-10-13-36(14-11-33)65(4,5)6)34-12-16-45(64-23-21-53)38(27-34)37-25-32(9-15-44(37)63-22-20-52)26-40(56-48(30)61)41(58)8-7-18-50/h9-16,25,27,29-30,35,40,46H,7-8,17,19-24,26,28,51-53H2,1-6H3,(H,56,61)/t30-,35-,40+,46+/m1/s1. The molecular weight excluding hydrogens is 841 g/mol. The zero-order valence-electron chi connectivity index (χ0n) is 38.3. The van der Waals surface area contributed by atoms with E-state index in [0.717, 1.165) is 5.56 Å². The third-order valence-electron chi connectivity index (χ3n) is 11.6. The Hall–Kier alpha value is -6.12. The zero-order chi connectivity index (χ0) is 47.4. The summed E-state index contributed by atoms with van der Waals surface area (Å²) in [5, 5.41) is 13.4. The molecule has 5 rings (SSSR count). The second-order valence-electron chi connectivity index (χ2n) is 17.6. The molecule has 1 aliphatic heterocycles. The number of ketones is 3. The number of hydrogen-bond donors (Lipinski definition) is 4. The molecule has 15 nitrogen and oxygen atoms in total. The zero-order valence-corrected chi connectivity index (χ0v) is 39.3. The Labute approximate surface area is 382 Å². The minimum atomic E-state index is -1.51. The highest BCUT2D eigenvalue weighted by Gasteiger charge is 2.36. The number of rotatable bonds is 18. The fraction of sp³-hybridized carbons (Fsp3) is 0.429. The van der Waals surface area contributed by atoms with Gasteiger partial charge in [0.05, 0.1) is 31.4 Å². The van der Waals surface area contributed by atoms with E-state index in [0.29, 0.717) is 45.3 Å². The number of aromatic nitrogens is 2. The summed E-state index contributed by atoms with van der Waals surface area (Å²) < 4.78 is 12.2. The van der Waals surface area contributed by atoms with Crippen molar-refractivity contribution in [3.05, 3.63) is 89.2 Å². The maximum atomic E-state index is 14.7. The lowest BCUT2D eigenvalue weighted by Gasteiger charge is -2.32. The van der Waals surface area contributed by atoms with E-state index in [9.17, 15) is 29.2 Å². The monoisotopic (exact) mass is 902 g/mol. The summed E-state index contributed by atoms with van der Waals surface area (Å²) in [6.45, 7) is 11.0. The van der Waals surface area contributed by atoms with Gasteiger partial charge in [0.25, 0.3) is 0 Å². The molecule has 4 aromatic rings. The quantitative estimate of drug-likeness (QED) is 0.0790. The molecule has 7 N–H and O–H groups in total. The van der Waals surface area contributed by atoms with E-state index in [1.165, 1.54) is 23.3 Å². The number of hydrogen-bond acceptors (Lipinski definition) is 13. The van der Waals surface area contributed by atoms with Gasteiger partial charge in [0.2, 0.25) is 11.8 Å². The summed E-state index contributed by atoms with van der Waals surface area (Å²) in [5.41, 5.74) is 21.5. The molecule has 4 atom stereocenters. The summed E-state index contributed by atoms with van der Waals surface area (Å²) in [6.07, 6.45) is 1.11. The minimum Gasteiger partial charge on any atom is -0.492 e. The molecular formula is C49H62N8O7Si. The molecule has 4 bridgehead atoms. The van der Waals surface area contributed by atoms with Crippen LogP contribution in [0.5, 0.6) is 11.5 Å². The Morgan fingerprint density at radius 2 is 1.57 bits per heavy atom. The molecule has 3 aromatic carbocycles. The van der Waals surface area contributed by atoms with E-state index < -0.39 is 49.6 Å². The lowest BCUT2D eigenvalue weighted by molar-refractivity contribution is -0.142. The van der Waals surface area contributed by atoms with Gasteiger partial charge >= 0.3 is 0 Å². The Balaban J connectivity index is 1.55.